The van der Waals surface area contributed by atoms with E-state index in [0.717, 1.165) is 5.75 Å². The Bertz CT molecular complexity index is 735. The van der Waals surface area contributed by atoms with Crippen molar-refractivity contribution in [3.8, 4) is 28.7 Å². The van der Waals surface area contributed by atoms with Gasteiger partial charge in [-0.2, -0.15) is 5.10 Å². The standard InChI is InChI=1S/C16H14N2O3/c1-20-12-6-8-13(9-7-12)21-14-10-17-18(11-14)15-4-2-3-5-16(15)19/h2-11,19H,1H3. The van der Waals surface area contributed by atoms with Crippen molar-refractivity contribution < 1.29 is 14.6 Å². The molecule has 0 aliphatic heterocycles. The summed E-state index contributed by atoms with van der Waals surface area (Å²) in [7, 11) is 1.62. The molecule has 0 saturated heterocycles. The van der Waals surface area contributed by atoms with Crippen molar-refractivity contribution in [2.75, 3.05) is 7.11 Å². The molecule has 1 N–H and O–H groups in total. The fourth-order valence-electron chi connectivity index (χ4n) is 1.93. The second-order valence-corrected chi connectivity index (χ2v) is 4.39. The van der Waals surface area contributed by atoms with Gasteiger partial charge in [0, 0.05) is 0 Å². The minimum atomic E-state index is 0.164. The van der Waals surface area contributed by atoms with Crippen LogP contribution in [0.5, 0.6) is 23.0 Å². The van der Waals surface area contributed by atoms with Gasteiger partial charge in [-0.25, -0.2) is 4.68 Å². The number of benzene rings is 2. The van der Waals surface area contributed by atoms with E-state index in [9.17, 15) is 5.11 Å². The van der Waals surface area contributed by atoms with Crippen LogP contribution in [0.2, 0.25) is 0 Å². The minimum absolute atomic E-state index is 0.164. The van der Waals surface area contributed by atoms with E-state index in [0.29, 0.717) is 17.2 Å². The topological polar surface area (TPSA) is 56.5 Å². The van der Waals surface area contributed by atoms with Crippen LogP contribution in [-0.4, -0.2) is 22.0 Å². The monoisotopic (exact) mass is 282 g/mol. The van der Waals surface area contributed by atoms with Crippen molar-refractivity contribution in [3.63, 3.8) is 0 Å². The Balaban J connectivity index is 1.80. The van der Waals surface area contributed by atoms with Crippen LogP contribution in [0.25, 0.3) is 5.69 Å². The number of phenolic OH excluding ortho intramolecular Hbond substituents is 1. The summed E-state index contributed by atoms with van der Waals surface area (Å²) >= 11 is 0. The highest BCUT2D eigenvalue weighted by Gasteiger charge is 2.06. The zero-order valence-electron chi connectivity index (χ0n) is 11.4. The van der Waals surface area contributed by atoms with E-state index in [1.54, 1.807) is 42.4 Å². The van der Waals surface area contributed by atoms with Crippen LogP contribution in [0.15, 0.2) is 60.9 Å². The first-order valence-corrected chi connectivity index (χ1v) is 6.41. The number of hydrogen-bond acceptors (Lipinski definition) is 4. The summed E-state index contributed by atoms with van der Waals surface area (Å²) in [6.45, 7) is 0. The Kier molecular flexibility index (Phi) is 3.47. The van der Waals surface area contributed by atoms with Gasteiger partial charge in [-0.05, 0) is 36.4 Å². The molecule has 3 rings (SSSR count). The lowest BCUT2D eigenvalue weighted by atomic mass is 10.3. The number of nitrogens with zero attached hydrogens (tertiary/aromatic N) is 2. The number of rotatable bonds is 4. The highest BCUT2D eigenvalue weighted by Crippen LogP contribution is 2.26. The smallest absolute Gasteiger partial charge is 0.165 e. The van der Waals surface area contributed by atoms with E-state index < -0.39 is 0 Å². The molecule has 0 unspecified atom stereocenters. The Hall–Kier alpha value is -2.95. The molecular weight excluding hydrogens is 268 g/mol. The van der Waals surface area contributed by atoms with E-state index in [2.05, 4.69) is 5.10 Å². The fourth-order valence-corrected chi connectivity index (χ4v) is 1.93. The van der Waals surface area contributed by atoms with E-state index in [1.807, 2.05) is 30.3 Å². The summed E-state index contributed by atoms with van der Waals surface area (Å²) in [5, 5.41) is 14.0. The third-order valence-electron chi connectivity index (χ3n) is 2.98. The molecule has 0 spiro atoms. The maximum absolute atomic E-state index is 9.81. The molecule has 0 bridgehead atoms. The van der Waals surface area contributed by atoms with Crippen molar-refractivity contribution in [3.05, 3.63) is 60.9 Å². The molecule has 0 aliphatic rings. The molecule has 0 saturated carbocycles. The molecule has 0 aliphatic carbocycles. The van der Waals surface area contributed by atoms with Crippen molar-refractivity contribution in [1.82, 2.24) is 9.78 Å². The highest BCUT2D eigenvalue weighted by molar-refractivity contribution is 5.45. The number of methoxy groups -OCH3 is 1. The van der Waals surface area contributed by atoms with Crippen LogP contribution >= 0.6 is 0 Å². The zero-order chi connectivity index (χ0) is 14.7. The molecule has 0 fully saturated rings. The molecule has 3 aromatic rings. The Morgan fingerprint density at radius 2 is 1.67 bits per heavy atom. The minimum Gasteiger partial charge on any atom is -0.506 e. The average molecular weight is 282 g/mol. The third kappa shape index (κ3) is 2.81. The summed E-state index contributed by atoms with van der Waals surface area (Å²) in [5.41, 5.74) is 0.599. The summed E-state index contributed by atoms with van der Waals surface area (Å²) in [6.07, 6.45) is 3.30. The van der Waals surface area contributed by atoms with Gasteiger partial charge in [0.15, 0.2) is 5.75 Å². The van der Waals surface area contributed by atoms with Crippen LogP contribution in [0.4, 0.5) is 0 Å². The number of ether oxygens (including phenoxy) is 2. The SMILES string of the molecule is COc1ccc(Oc2cnn(-c3ccccc3O)c2)cc1. The maximum atomic E-state index is 9.81. The molecule has 0 atom stereocenters. The number of phenols is 1. The number of hydrogen-bond donors (Lipinski definition) is 1. The normalized spacial score (nSPS) is 10.3. The first-order valence-electron chi connectivity index (χ1n) is 6.41. The lowest BCUT2D eigenvalue weighted by Gasteiger charge is -2.04. The predicted molar refractivity (Wildman–Crippen MR) is 78.3 cm³/mol. The van der Waals surface area contributed by atoms with Crippen molar-refractivity contribution in [1.29, 1.82) is 0 Å². The highest BCUT2D eigenvalue weighted by atomic mass is 16.5. The summed E-state index contributed by atoms with van der Waals surface area (Å²) in [4.78, 5) is 0. The van der Waals surface area contributed by atoms with Gasteiger partial charge in [0.05, 0.1) is 19.5 Å². The van der Waals surface area contributed by atoms with Gasteiger partial charge in [0.1, 0.15) is 22.9 Å². The lowest BCUT2D eigenvalue weighted by molar-refractivity contribution is 0.413. The lowest BCUT2D eigenvalue weighted by Crippen LogP contribution is -1.93. The first-order chi connectivity index (χ1) is 10.3. The van der Waals surface area contributed by atoms with Crippen molar-refractivity contribution >= 4 is 0 Å². The number of para-hydroxylation sites is 2. The number of aromatic hydroxyl groups is 1. The fraction of sp³-hybridized carbons (Fsp3) is 0.0625. The van der Waals surface area contributed by atoms with E-state index >= 15 is 0 Å². The van der Waals surface area contributed by atoms with Crippen molar-refractivity contribution in [2.24, 2.45) is 0 Å². The van der Waals surface area contributed by atoms with Gasteiger partial charge in [0.25, 0.3) is 0 Å². The molecule has 21 heavy (non-hydrogen) atoms. The van der Waals surface area contributed by atoms with Crippen LogP contribution in [0.1, 0.15) is 0 Å². The van der Waals surface area contributed by atoms with Gasteiger partial charge in [-0.3, -0.25) is 0 Å². The molecule has 0 amide bonds. The quantitative estimate of drug-likeness (QED) is 0.797. The molecule has 5 heteroatoms. The molecule has 5 nitrogen and oxygen atoms in total. The van der Waals surface area contributed by atoms with E-state index in [-0.39, 0.29) is 5.75 Å². The Morgan fingerprint density at radius 3 is 2.38 bits per heavy atom. The maximum Gasteiger partial charge on any atom is 0.165 e. The number of aromatic nitrogens is 2. The van der Waals surface area contributed by atoms with Gasteiger partial charge >= 0.3 is 0 Å². The predicted octanol–water partition coefficient (Wildman–Crippen LogP) is 3.38. The van der Waals surface area contributed by atoms with Crippen LogP contribution in [0.3, 0.4) is 0 Å². The van der Waals surface area contributed by atoms with Gasteiger partial charge < -0.3 is 14.6 Å². The van der Waals surface area contributed by atoms with E-state index in [1.165, 1.54) is 0 Å². The molecule has 0 radical (unpaired) electrons. The zero-order valence-corrected chi connectivity index (χ0v) is 11.4. The van der Waals surface area contributed by atoms with Gasteiger partial charge in [-0.15, -0.1) is 0 Å². The summed E-state index contributed by atoms with van der Waals surface area (Å²) in [6, 6.07) is 14.3. The van der Waals surface area contributed by atoms with Crippen molar-refractivity contribution in [2.45, 2.75) is 0 Å². The second-order valence-electron chi connectivity index (χ2n) is 4.39. The van der Waals surface area contributed by atoms with Gasteiger partial charge in [-0.1, -0.05) is 12.1 Å². The second kappa shape index (κ2) is 5.58. The molecular formula is C16H14N2O3. The molecule has 2 aromatic carbocycles. The first kappa shape index (κ1) is 13.1. The van der Waals surface area contributed by atoms with Crippen LogP contribution < -0.4 is 9.47 Å². The van der Waals surface area contributed by atoms with Crippen LogP contribution in [-0.2, 0) is 0 Å². The van der Waals surface area contributed by atoms with Gasteiger partial charge in [0.2, 0.25) is 0 Å². The molecule has 1 aromatic heterocycles. The molecule has 106 valence electrons. The van der Waals surface area contributed by atoms with E-state index in [4.69, 9.17) is 9.47 Å². The molecule has 1 heterocycles. The van der Waals surface area contributed by atoms with Crippen LogP contribution in [0, 0.1) is 0 Å². The Labute approximate surface area is 122 Å². The Morgan fingerprint density at radius 1 is 0.952 bits per heavy atom. The summed E-state index contributed by atoms with van der Waals surface area (Å²) < 4.78 is 12.4. The third-order valence-corrected chi connectivity index (χ3v) is 2.98. The average Bonchev–Trinajstić information content (AvgIpc) is 2.97. The largest absolute Gasteiger partial charge is 0.506 e. The summed E-state index contributed by atoms with van der Waals surface area (Å²) in [5.74, 6) is 2.21.